The molecule has 1 aromatic carbocycles. The predicted octanol–water partition coefficient (Wildman–Crippen LogP) is 3.66. The average molecular weight is 304 g/mol. The Morgan fingerprint density at radius 1 is 1.38 bits per heavy atom. The van der Waals surface area contributed by atoms with Crippen LogP contribution in [-0.4, -0.2) is 34.9 Å². The number of nitriles is 1. The van der Waals surface area contributed by atoms with Crippen molar-refractivity contribution in [2.75, 3.05) is 13.1 Å². The van der Waals surface area contributed by atoms with Crippen LogP contribution in [0.3, 0.4) is 0 Å². The summed E-state index contributed by atoms with van der Waals surface area (Å²) in [6.45, 7) is 7.08. The van der Waals surface area contributed by atoms with Crippen molar-refractivity contribution < 1.29 is 9.53 Å². The van der Waals surface area contributed by atoms with E-state index in [2.05, 4.69) is 6.07 Å². The van der Waals surface area contributed by atoms with Gasteiger partial charge in [-0.15, -0.1) is 11.8 Å². The van der Waals surface area contributed by atoms with Gasteiger partial charge in [0.1, 0.15) is 5.60 Å². The molecule has 5 heteroatoms. The van der Waals surface area contributed by atoms with Crippen LogP contribution in [0.4, 0.5) is 4.79 Å². The van der Waals surface area contributed by atoms with Crippen LogP contribution in [0.2, 0.25) is 0 Å². The van der Waals surface area contributed by atoms with Gasteiger partial charge in [0.05, 0.1) is 11.6 Å². The zero-order valence-corrected chi connectivity index (χ0v) is 13.4. The van der Waals surface area contributed by atoms with Crippen LogP contribution < -0.4 is 0 Å². The summed E-state index contributed by atoms with van der Waals surface area (Å²) in [6, 6.07) is 9.67. The molecule has 1 saturated heterocycles. The summed E-state index contributed by atoms with van der Waals surface area (Å²) in [5, 5.41) is 9.17. The number of likely N-dealkylation sites (tertiary alicyclic amines) is 1. The van der Waals surface area contributed by atoms with E-state index in [1.54, 1.807) is 16.7 Å². The van der Waals surface area contributed by atoms with Crippen LogP contribution in [0.1, 0.15) is 32.8 Å². The first kappa shape index (κ1) is 15.7. The van der Waals surface area contributed by atoms with Gasteiger partial charge in [0.15, 0.2) is 0 Å². The largest absolute Gasteiger partial charge is 0.444 e. The van der Waals surface area contributed by atoms with E-state index in [0.29, 0.717) is 17.4 Å². The topological polar surface area (TPSA) is 53.3 Å². The number of benzene rings is 1. The number of ether oxygens (including phenoxy) is 1. The standard InChI is InChI=1S/C16H20N2O2S/c1-16(2,3)20-15(19)18-9-8-14(11-18)21-13-6-4-12(10-17)5-7-13/h4-7,14H,8-9,11H2,1-3H3. The number of carbonyl (C=O) groups is 1. The third-order valence-electron chi connectivity index (χ3n) is 3.08. The van der Waals surface area contributed by atoms with Gasteiger partial charge in [-0.2, -0.15) is 5.26 Å². The summed E-state index contributed by atoms with van der Waals surface area (Å²) < 4.78 is 5.39. The molecular formula is C16H20N2O2S. The maximum absolute atomic E-state index is 12.0. The van der Waals surface area contributed by atoms with Gasteiger partial charge in [-0.1, -0.05) is 0 Å². The summed E-state index contributed by atoms with van der Waals surface area (Å²) in [7, 11) is 0. The molecule has 1 aliphatic rings. The smallest absolute Gasteiger partial charge is 0.410 e. The van der Waals surface area contributed by atoms with E-state index in [1.807, 2.05) is 45.0 Å². The van der Waals surface area contributed by atoms with E-state index < -0.39 is 5.60 Å². The van der Waals surface area contributed by atoms with Crippen molar-refractivity contribution in [2.24, 2.45) is 0 Å². The molecule has 1 amide bonds. The Bertz CT molecular complexity index is 543. The van der Waals surface area contributed by atoms with Gasteiger partial charge in [0, 0.05) is 23.2 Å². The Labute approximate surface area is 130 Å². The van der Waals surface area contributed by atoms with Crippen LogP contribution in [0, 0.1) is 11.3 Å². The third kappa shape index (κ3) is 4.68. The molecule has 4 nitrogen and oxygen atoms in total. The summed E-state index contributed by atoms with van der Waals surface area (Å²) in [5.74, 6) is 0. The molecule has 0 radical (unpaired) electrons. The summed E-state index contributed by atoms with van der Waals surface area (Å²) in [4.78, 5) is 14.9. The Kier molecular flexibility index (Phi) is 4.79. The van der Waals surface area contributed by atoms with Crippen molar-refractivity contribution >= 4 is 17.9 Å². The SMILES string of the molecule is CC(C)(C)OC(=O)N1CCC(Sc2ccc(C#N)cc2)C1. The van der Waals surface area contributed by atoms with E-state index in [0.717, 1.165) is 17.9 Å². The number of amides is 1. The lowest BCUT2D eigenvalue weighted by Crippen LogP contribution is -2.35. The quantitative estimate of drug-likeness (QED) is 0.836. The lowest BCUT2D eigenvalue weighted by molar-refractivity contribution is 0.0295. The normalized spacial score (nSPS) is 18.4. The maximum atomic E-state index is 12.0. The number of rotatable bonds is 2. The number of hydrogen-bond acceptors (Lipinski definition) is 4. The molecule has 0 spiro atoms. The van der Waals surface area contributed by atoms with Crippen molar-refractivity contribution in [3.05, 3.63) is 29.8 Å². The summed E-state index contributed by atoms with van der Waals surface area (Å²) >= 11 is 1.75. The number of hydrogen-bond donors (Lipinski definition) is 0. The van der Waals surface area contributed by atoms with Crippen molar-refractivity contribution in [3.63, 3.8) is 0 Å². The highest BCUT2D eigenvalue weighted by Crippen LogP contribution is 2.30. The van der Waals surface area contributed by atoms with Gasteiger partial charge in [0.2, 0.25) is 0 Å². The number of nitrogens with zero attached hydrogens (tertiary/aromatic N) is 2. The number of carbonyl (C=O) groups excluding carboxylic acids is 1. The fraction of sp³-hybridized carbons (Fsp3) is 0.500. The van der Waals surface area contributed by atoms with E-state index in [1.165, 1.54) is 0 Å². The van der Waals surface area contributed by atoms with Crippen LogP contribution in [0.5, 0.6) is 0 Å². The monoisotopic (exact) mass is 304 g/mol. The molecule has 1 heterocycles. The molecule has 112 valence electrons. The van der Waals surface area contributed by atoms with E-state index >= 15 is 0 Å². The van der Waals surface area contributed by atoms with Gasteiger partial charge in [-0.3, -0.25) is 0 Å². The highest BCUT2D eigenvalue weighted by atomic mass is 32.2. The van der Waals surface area contributed by atoms with E-state index in [4.69, 9.17) is 10.00 Å². The van der Waals surface area contributed by atoms with Crippen molar-refractivity contribution in [1.82, 2.24) is 4.90 Å². The molecule has 1 aliphatic heterocycles. The molecule has 0 N–H and O–H groups in total. The number of thioether (sulfide) groups is 1. The zero-order chi connectivity index (χ0) is 15.5. The van der Waals surface area contributed by atoms with Crippen LogP contribution in [-0.2, 0) is 4.74 Å². The second-order valence-corrected chi connectivity index (χ2v) is 7.46. The van der Waals surface area contributed by atoms with Gasteiger partial charge in [0.25, 0.3) is 0 Å². The summed E-state index contributed by atoms with van der Waals surface area (Å²) in [6.07, 6.45) is 0.731. The zero-order valence-electron chi connectivity index (χ0n) is 12.6. The average Bonchev–Trinajstić information content (AvgIpc) is 2.86. The highest BCUT2D eigenvalue weighted by molar-refractivity contribution is 8.00. The van der Waals surface area contributed by atoms with Crippen LogP contribution in [0.25, 0.3) is 0 Å². The second kappa shape index (κ2) is 6.40. The Balaban J connectivity index is 1.87. The van der Waals surface area contributed by atoms with Crippen molar-refractivity contribution in [3.8, 4) is 6.07 Å². The Morgan fingerprint density at radius 2 is 2.05 bits per heavy atom. The maximum Gasteiger partial charge on any atom is 0.410 e. The third-order valence-corrected chi connectivity index (χ3v) is 4.35. The molecule has 0 saturated carbocycles. The van der Waals surface area contributed by atoms with Gasteiger partial charge < -0.3 is 9.64 Å². The van der Waals surface area contributed by atoms with Crippen molar-refractivity contribution in [1.29, 1.82) is 5.26 Å². The Morgan fingerprint density at radius 3 is 2.62 bits per heavy atom. The first-order chi connectivity index (χ1) is 9.87. The molecule has 1 atom stereocenters. The second-order valence-electron chi connectivity index (χ2n) is 6.09. The van der Waals surface area contributed by atoms with Gasteiger partial charge in [-0.25, -0.2) is 4.79 Å². The van der Waals surface area contributed by atoms with E-state index in [-0.39, 0.29) is 6.09 Å². The fourth-order valence-electron chi connectivity index (χ4n) is 2.12. The van der Waals surface area contributed by atoms with Crippen LogP contribution >= 0.6 is 11.8 Å². The minimum absolute atomic E-state index is 0.231. The molecule has 21 heavy (non-hydrogen) atoms. The molecule has 0 bridgehead atoms. The van der Waals surface area contributed by atoms with Gasteiger partial charge >= 0.3 is 6.09 Å². The first-order valence-corrected chi connectivity index (χ1v) is 7.90. The van der Waals surface area contributed by atoms with Gasteiger partial charge in [-0.05, 0) is 51.5 Å². The molecule has 1 unspecified atom stereocenters. The molecule has 0 aromatic heterocycles. The first-order valence-electron chi connectivity index (χ1n) is 7.02. The molecule has 1 aromatic rings. The molecular weight excluding hydrogens is 284 g/mol. The van der Waals surface area contributed by atoms with E-state index in [9.17, 15) is 4.79 Å². The lowest BCUT2D eigenvalue weighted by atomic mass is 10.2. The van der Waals surface area contributed by atoms with Crippen molar-refractivity contribution in [2.45, 2.75) is 42.9 Å². The fourth-order valence-corrected chi connectivity index (χ4v) is 3.27. The minimum atomic E-state index is -0.449. The minimum Gasteiger partial charge on any atom is -0.444 e. The Hall–Kier alpha value is -1.67. The van der Waals surface area contributed by atoms with Crippen LogP contribution in [0.15, 0.2) is 29.2 Å². The lowest BCUT2D eigenvalue weighted by Gasteiger charge is -2.24. The highest BCUT2D eigenvalue weighted by Gasteiger charge is 2.30. The molecule has 2 rings (SSSR count). The molecule has 1 fully saturated rings. The predicted molar refractivity (Wildman–Crippen MR) is 83.2 cm³/mol. The summed E-state index contributed by atoms with van der Waals surface area (Å²) in [5.41, 5.74) is 0.219. The molecule has 0 aliphatic carbocycles.